The molecule has 118 valence electrons. The Hall–Kier alpha value is -0.160. The van der Waals surface area contributed by atoms with Crippen LogP contribution in [0.2, 0.25) is 0 Å². The number of ether oxygens (including phenoxy) is 2. The summed E-state index contributed by atoms with van der Waals surface area (Å²) in [5, 5.41) is 0. The molecule has 3 atom stereocenters. The highest BCUT2D eigenvalue weighted by molar-refractivity contribution is 5.01. The Kier molecular flexibility index (Phi) is 4.51. The quantitative estimate of drug-likeness (QED) is 0.861. The van der Waals surface area contributed by atoms with Gasteiger partial charge in [-0.25, -0.2) is 0 Å². The number of morpholine rings is 1. The molecule has 2 aliphatic heterocycles. The van der Waals surface area contributed by atoms with Gasteiger partial charge in [0.2, 0.25) is 0 Å². The van der Waals surface area contributed by atoms with Crippen molar-refractivity contribution in [3.8, 4) is 0 Å². The minimum absolute atomic E-state index is 0.0355. The largest absolute Gasteiger partial charge is 0.374 e. The Bertz CT molecular complexity index is 341. The molecule has 2 rings (SSSR count). The lowest BCUT2D eigenvalue weighted by molar-refractivity contribution is -0.0949. The summed E-state index contributed by atoms with van der Waals surface area (Å²) in [6, 6.07) is 0.589. The molecular weight excluding hydrogens is 252 g/mol. The van der Waals surface area contributed by atoms with Crippen LogP contribution in [0.1, 0.15) is 48.0 Å². The van der Waals surface area contributed by atoms with E-state index in [1.807, 2.05) is 0 Å². The van der Waals surface area contributed by atoms with Gasteiger partial charge in [0, 0.05) is 31.1 Å². The third-order valence-electron chi connectivity index (χ3n) is 4.89. The number of nitrogens with two attached hydrogens (primary N) is 1. The third kappa shape index (κ3) is 3.35. The molecule has 4 nitrogen and oxygen atoms in total. The maximum atomic E-state index is 6.58. The van der Waals surface area contributed by atoms with Crippen molar-refractivity contribution in [2.75, 3.05) is 19.7 Å². The average molecular weight is 284 g/mol. The minimum Gasteiger partial charge on any atom is -0.374 e. The molecule has 0 aromatic heterocycles. The van der Waals surface area contributed by atoms with E-state index in [4.69, 9.17) is 15.2 Å². The Morgan fingerprint density at radius 2 is 1.85 bits per heavy atom. The number of hydrogen-bond donors (Lipinski definition) is 1. The monoisotopic (exact) mass is 284 g/mol. The summed E-state index contributed by atoms with van der Waals surface area (Å²) >= 11 is 0. The first-order chi connectivity index (χ1) is 9.12. The summed E-state index contributed by atoms with van der Waals surface area (Å²) < 4.78 is 12.2. The Morgan fingerprint density at radius 3 is 2.35 bits per heavy atom. The predicted molar refractivity (Wildman–Crippen MR) is 81.8 cm³/mol. The lowest BCUT2D eigenvalue weighted by Gasteiger charge is -2.41. The maximum Gasteiger partial charge on any atom is 0.0857 e. The lowest BCUT2D eigenvalue weighted by atomic mass is 9.79. The molecule has 0 amide bonds. The molecule has 2 fully saturated rings. The first kappa shape index (κ1) is 16.2. The van der Waals surface area contributed by atoms with Crippen molar-refractivity contribution in [2.45, 2.75) is 77.4 Å². The smallest absolute Gasteiger partial charge is 0.0857 e. The van der Waals surface area contributed by atoms with Crippen molar-refractivity contribution in [2.24, 2.45) is 11.7 Å². The van der Waals surface area contributed by atoms with Crippen LogP contribution >= 0.6 is 0 Å². The van der Waals surface area contributed by atoms with Crippen molar-refractivity contribution in [3.05, 3.63) is 0 Å². The van der Waals surface area contributed by atoms with E-state index in [9.17, 15) is 0 Å². The van der Waals surface area contributed by atoms with E-state index in [0.29, 0.717) is 12.0 Å². The summed E-state index contributed by atoms with van der Waals surface area (Å²) in [4.78, 5) is 2.46. The highest BCUT2D eigenvalue weighted by atomic mass is 16.5. The average Bonchev–Trinajstić information content (AvgIpc) is 2.56. The second-order valence-electron chi connectivity index (χ2n) is 7.85. The van der Waals surface area contributed by atoms with E-state index in [0.717, 1.165) is 26.1 Å². The SMILES string of the molecule is CC(C)N1CCOC(C(N)C2CC(C)(C)OC2(C)C)C1. The second-order valence-corrected chi connectivity index (χ2v) is 7.85. The van der Waals surface area contributed by atoms with Crippen molar-refractivity contribution in [1.82, 2.24) is 4.90 Å². The lowest BCUT2D eigenvalue weighted by Crippen LogP contribution is -2.57. The Morgan fingerprint density at radius 1 is 1.20 bits per heavy atom. The van der Waals surface area contributed by atoms with Crippen LogP contribution in [-0.2, 0) is 9.47 Å². The molecule has 0 aliphatic carbocycles. The first-order valence-electron chi connectivity index (χ1n) is 7.94. The molecule has 2 saturated heterocycles. The summed E-state index contributed by atoms with van der Waals surface area (Å²) in [6.07, 6.45) is 1.12. The van der Waals surface area contributed by atoms with Crippen LogP contribution in [0.5, 0.6) is 0 Å². The number of nitrogens with zero attached hydrogens (tertiary/aromatic N) is 1. The van der Waals surface area contributed by atoms with Crippen LogP contribution in [0.25, 0.3) is 0 Å². The summed E-state index contributed by atoms with van der Waals surface area (Å²) in [6.45, 7) is 15.8. The molecular formula is C16H32N2O2. The molecule has 0 aromatic carbocycles. The van der Waals surface area contributed by atoms with Gasteiger partial charge in [0.15, 0.2) is 0 Å². The van der Waals surface area contributed by atoms with Crippen molar-refractivity contribution < 1.29 is 9.47 Å². The standard InChI is InChI=1S/C16H32N2O2/c1-11(2)18-7-8-19-13(10-18)14(17)12-9-15(3,4)20-16(12,5)6/h11-14H,7-10,17H2,1-6H3. The topological polar surface area (TPSA) is 47.7 Å². The van der Waals surface area contributed by atoms with Gasteiger partial charge in [0.25, 0.3) is 0 Å². The van der Waals surface area contributed by atoms with Crippen LogP contribution in [0.15, 0.2) is 0 Å². The predicted octanol–water partition coefficient (Wildman–Crippen LogP) is 2.02. The Labute approximate surface area is 124 Å². The van der Waals surface area contributed by atoms with Gasteiger partial charge in [0.1, 0.15) is 0 Å². The van der Waals surface area contributed by atoms with Crippen LogP contribution in [0.4, 0.5) is 0 Å². The van der Waals surface area contributed by atoms with E-state index in [1.165, 1.54) is 0 Å². The van der Waals surface area contributed by atoms with Gasteiger partial charge in [-0.3, -0.25) is 4.90 Å². The van der Waals surface area contributed by atoms with Crippen LogP contribution in [0, 0.1) is 5.92 Å². The van der Waals surface area contributed by atoms with Gasteiger partial charge in [-0.05, 0) is 48.0 Å². The van der Waals surface area contributed by atoms with Gasteiger partial charge in [-0.2, -0.15) is 0 Å². The fourth-order valence-electron chi connectivity index (χ4n) is 3.86. The molecule has 0 spiro atoms. The van der Waals surface area contributed by atoms with Crippen LogP contribution in [-0.4, -0.2) is 54.0 Å². The van der Waals surface area contributed by atoms with Crippen LogP contribution in [0.3, 0.4) is 0 Å². The normalized spacial score (nSPS) is 35.4. The molecule has 2 aliphatic rings. The van der Waals surface area contributed by atoms with Crippen molar-refractivity contribution >= 4 is 0 Å². The van der Waals surface area contributed by atoms with Crippen LogP contribution < -0.4 is 5.73 Å². The highest BCUT2D eigenvalue weighted by Crippen LogP contribution is 2.44. The number of hydrogen-bond acceptors (Lipinski definition) is 4. The van der Waals surface area contributed by atoms with Crippen molar-refractivity contribution in [3.63, 3.8) is 0 Å². The van der Waals surface area contributed by atoms with E-state index >= 15 is 0 Å². The molecule has 2 N–H and O–H groups in total. The zero-order chi connectivity index (χ0) is 15.1. The summed E-state index contributed by atoms with van der Waals surface area (Å²) in [5.41, 5.74) is 6.32. The van der Waals surface area contributed by atoms with E-state index in [1.54, 1.807) is 0 Å². The van der Waals surface area contributed by atoms with E-state index in [-0.39, 0.29) is 23.3 Å². The van der Waals surface area contributed by atoms with Crippen molar-refractivity contribution in [1.29, 1.82) is 0 Å². The third-order valence-corrected chi connectivity index (χ3v) is 4.89. The Balaban J connectivity index is 2.05. The van der Waals surface area contributed by atoms with Gasteiger partial charge < -0.3 is 15.2 Å². The number of rotatable bonds is 3. The first-order valence-corrected chi connectivity index (χ1v) is 7.94. The fourth-order valence-corrected chi connectivity index (χ4v) is 3.86. The summed E-state index contributed by atoms with van der Waals surface area (Å²) in [5.74, 6) is 0.342. The molecule has 2 heterocycles. The fraction of sp³-hybridized carbons (Fsp3) is 1.00. The highest BCUT2D eigenvalue weighted by Gasteiger charge is 2.50. The molecule has 3 unspecified atom stereocenters. The molecule has 0 saturated carbocycles. The van der Waals surface area contributed by atoms with Gasteiger partial charge in [-0.15, -0.1) is 0 Å². The summed E-state index contributed by atoms with van der Waals surface area (Å²) in [7, 11) is 0. The van der Waals surface area contributed by atoms with Gasteiger partial charge >= 0.3 is 0 Å². The molecule has 0 radical (unpaired) electrons. The van der Waals surface area contributed by atoms with E-state index < -0.39 is 0 Å². The minimum atomic E-state index is -0.174. The molecule has 0 bridgehead atoms. The molecule has 0 aromatic rings. The zero-order valence-corrected chi connectivity index (χ0v) is 14.0. The molecule has 4 heteroatoms. The maximum absolute atomic E-state index is 6.58. The van der Waals surface area contributed by atoms with Gasteiger partial charge in [-0.1, -0.05) is 0 Å². The van der Waals surface area contributed by atoms with Gasteiger partial charge in [0.05, 0.1) is 23.9 Å². The second kappa shape index (κ2) is 5.56. The molecule has 20 heavy (non-hydrogen) atoms. The van der Waals surface area contributed by atoms with E-state index in [2.05, 4.69) is 46.4 Å². The zero-order valence-electron chi connectivity index (χ0n) is 14.0.